The van der Waals surface area contributed by atoms with Gasteiger partial charge in [0.1, 0.15) is 23.7 Å². The Morgan fingerprint density at radius 1 is 1.00 bits per heavy atom. The summed E-state index contributed by atoms with van der Waals surface area (Å²) in [5, 5.41) is 2.96. The van der Waals surface area contributed by atoms with Crippen LogP contribution in [0.1, 0.15) is 39.5 Å². The minimum absolute atomic E-state index is 0.102. The number of amides is 2. The van der Waals surface area contributed by atoms with Gasteiger partial charge < -0.3 is 14.8 Å². The SMILES string of the molecule is CC(=O)C1CCC(Oc2ccc(-c3ccc4c(c3)OC(C)CN4C(=O)Nc3ccccc3)cn2)CC1. The van der Waals surface area contributed by atoms with Gasteiger partial charge in [-0.15, -0.1) is 0 Å². The number of ketones is 1. The molecule has 1 aromatic heterocycles. The average molecular weight is 486 g/mol. The van der Waals surface area contributed by atoms with Crippen molar-refractivity contribution >= 4 is 23.2 Å². The fourth-order valence-corrected chi connectivity index (χ4v) is 4.90. The van der Waals surface area contributed by atoms with Crippen LogP contribution in [0.3, 0.4) is 0 Å². The van der Waals surface area contributed by atoms with Crippen molar-refractivity contribution in [2.45, 2.75) is 51.7 Å². The number of hydrogen-bond donors (Lipinski definition) is 1. The lowest BCUT2D eigenvalue weighted by Crippen LogP contribution is -2.44. The summed E-state index contributed by atoms with van der Waals surface area (Å²) in [5.41, 5.74) is 3.37. The van der Waals surface area contributed by atoms with Crippen LogP contribution in [0, 0.1) is 5.92 Å². The van der Waals surface area contributed by atoms with Crippen molar-refractivity contribution in [3.63, 3.8) is 0 Å². The molecule has 1 N–H and O–H groups in total. The summed E-state index contributed by atoms with van der Waals surface area (Å²) in [4.78, 5) is 30.8. The molecule has 1 saturated carbocycles. The molecular weight excluding hydrogens is 454 g/mol. The van der Waals surface area contributed by atoms with E-state index in [0.29, 0.717) is 18.2 Å². The van der Waals surface area contributed by atoms with Crippen LogP contribution in [0.5, 0.6) is 11.6 Å². The van der Waals surface area contributed by atoms with E-state index in [1.54, 1.807) is 18.0 Å². The fourth-order valence-electron chi connectivity index (χ4n) is 4.90. The summed E-state index contributed by atoms with van der Waals surface area (Å²) in [7, 11) is 0. The predicted octanol–water partition coefficient (Wildman–Crippen LogP) is 6.09. The van der Waals surface area contributed by atoms with Crippen LogP contribution in [0.25, 0.3) is 11.1 Å². The standard InChI is InChI=1S/C29H31N3O4/c1-19-18-32(29(34)31-24-6-4-3-5-7-24)26-14-10-22(16-27(26)35-19)23-11-15-28(30-17-23)36-25-12-8-21(9-13-25)20(2)33/h3-7,10-11,14-17,19,21,25H,8-9,12-13,18H2,1-2H3,(H,31,34). The van der Waals surface area contributed by atoms with E-state index in [1.807, 2.05) is 67.6 Å². The predicted molar refractivity (Wildman–Crippen MR) is 140 cm³/mol. The van der Waals surface area contributed by atoms with Crippen molar-refractivity contribution in [3.8, 4) is 22.8 Å². The van der Waals surface area contributed by atoms with E-state index in [0.717, 1.165) is 48.2 Å². The first-order chi connectivity index (χ1) is 17.5. The van der Waals surface area contributed by atoms with E-state index in [-0.39, 0.29) is 29.9 Å². The Morgan fingerprint density at radius 2 is 1.75 bits per heavy atom. The Hall–Kier alpha value is -3.87. The van der Waals surface area contributed by atoms with E-state index in [9.17, 15) is 9.59 Å². The van der Waals surface area contributed by atoms with Crippen LogP contribution < -0.4 is 19.7 Å². The number of carbonyl (C=O) groups is 2. The first-order valence-electron chi connectivity index (χ1n) is 12.5. The molecule has 1 aliphatic carbocycles. The number of rotatable bonds is 5. The number of nitrogens with zero attached hydrogens (tertiary/aromatic N) is 2. The second-order valence-corrected chi connectivity index (χ2v) is 9.61. The van der Waals surface area contributed by atoms with Crippen molar-refractivity contribution in [1.29, 1.82) is 0 Å². The normalized spacial score (nSPS) is 21.2. The summed E-state index contributed by atoms with van der Waals surface area (Å²) in [5.74, 6) is 1.71. The molecule has 36 heavy (non-hydrogen) atoms. The Bertz CT molecular complexity index is 1220. The highest BCUT2D eigenvalue weighted by Crippen LogP contribution is 2.37. The van der Waals surface area contributed by atoms with E-state index >= 15 is 0 Å². The molecule has 2 aliphatic rings. The zero-order valence-corrected chi connectivity index (χ0v) is 20.6. The molecule has 186 valence electrons. The zero-order valence-electron chi connectivity index (χ0n) is 20.6. The minimum atomic E-state index is -0.189. The zero-order chi connectivity index (χ0) is 25.1. The second-order valence-electron chi connectivity index (χ2n) is 9.61. The molecule has 5 rings (SSSR count). The molecule has 2 aromatic carbocycles. The Balaban J connectivity index is 1.27. The molecule has 1 fully saturated rings. The monoisotopic (exact) mass is 485 g/mol. The third kappa shape index (κ3) is 5.35. The average Bonchev–Trinajstić information content (AvgIpc) is 2.89. The quantitative estimate of drug-likeness (QED) is 0.473. The van der Waals surface area contributed by atoms with Crippen molar-refractivity contribution in [2.24, 2.45) is 5.92 Å². The molecule has 2 heterocycles. The van der Waals surface area contributed by atoms with E-state index < -0.39 is 0 Å². The van der Waals surface area contributed by atoms with Crippen LogP contribution in [0.2, 0.25) is 0 Å². The third-order valence-electron chi connectivity index (χ3n) is 6.89. The van der Waals surface area contributed by atoms with Gasteiger partial charge in [0, 0.05) is 29.4 Å². The molecule has 1 aliphatic heterocycles. The molecule has 7 nitrogen and oxygen atoms in total. The number of Topliss-reactive ketones (excluding diaryl/α,β-unsaturated/α-hetero) is 1. The lowest BCUT2D eigenvalue weighted by Gasteiger charge is -2.33. The van der Waals surface area contributed by atoms with Gasteiger partial charge in [-0.05, 0) is 75.4 Å². The lowest BCUT2D eigenvalue weighted by atomic mass is 9.85. The van der Waals surface area contributed by atoms with E-state index in [1.165, 1.54) is 0 Å². The van der Waals surface area contributed by atoms with Gasteiger partial charge in [0.25, 0.3) is 0 Å². The molecule has 2 amide bonds. The van der Waals surface area contributed by atoms with Gasteiger partial charge >= 0.3 is 6.03 Å². The maximum absolute atomic E-state index is 13.0. The maximum Gasteiger partial charge on any atom is 0.326 e. The second kappa shape index (κ2) is 10.4. The fraction of sp³-hybridized carbons (Fsp3) is 0.345. The van der Waals surface area contributed by atoms with Crippen LogP contribution in [0.15, 0.2) is 66.9 Å². The Kier molecular flexibility index (Phi) is 6.89. The van der Waals surface area contributed by atoms with Gasteiger partial charge in [0.2, 0.25) is 5.88 Å². The van der Waals surface area contributed by atoms with Crippen molar-refractivity contribution < 1.29 is 19.1 Å². The van der Waals surface area contributed by atoms with Crippen molar-refractivity contribution in [1.82, 2.24) is 4.98 Å². The highest BCUT2D eigenvalue weighted by Gasteiger charge is 2.28. The topological polar surface area (TPSA) is 80.8 Å². The maximum atomic E-state index is 13.0. The summed E-state index contributed by atoms with van der Waals surface area (Å²) < 4.78 is 12.2. The Morgan fingerprint density at radius 3 is 2.44 bits per heavy atom. The highest BCUT2D eigenvalue weighted by atomic mass is 16.5. The summed E-state index contributed by atoms with van der Waals surface area (Å²) in [6.07, 6.45) is 5.28. The van der Waals surface area contributed by atoms with Crippen molar-refractivity contribution in [2.75, 3.05) is 16.8 Å². The first kappa shape index (κ1) is 23.9. The van der Waals surface area contributed by atoms with Gasteiger partial charge in [-0.2, -0.15) is 0 Å². The van der Waals surface area contributed by atoms with Crippen LogP contribution >= 0.6 is 0 Å². The van der Waals surface area contributed by atoms with Gasteiger partial charge in [-0.25, -0.2) is 9.78 Å². The molecule has 0 radical (unpaired) electrons. The van der Waals surface area contributed by atoms with Crippen LogP contribution in [-0.4, -0.2) is 35.6 Å². The van der Waals surface area contributed by atoms with Crippen LogP contribution in [0.4, 0.5) is 16.2 Å². The molecule has 0 spiro atoms. The van der Waals surface area contributed by atoms with Crippen LogP contribution in [-0.2, 0) is 4.79 Å². The van der Waals surface area contributed by atoms with Gasteiger partial charge in [-0.3, -0.25) is 9.69 Å². The van der Waals surface area contributed by atoms with Crippen molar-refractivity contribution in [3.05, 3.63) is 66.9 Å². The summed E-state index contributed by atoms with van der Waals surface area (Å²) >= 11 is 0. The molecule has 0 saturated heterocycles. The molecule has 1 unspecified atom stereocenters. The smallest absolute Gasteiger partial charge is 0.326 e. The van der Waals surface area contributed by atoms with Gasteiger partial charge in [0.05, 0.1) is 12.2 Å². The summed E-state index contributed by atoms with van der Waals surface area (Å²) in [6.45, 7) is 4.10. The summed E-state index contributed by atoms with van der Waals surface area (Å²) in [6, 6.07) is 18.9. The van der Waals surface area contributed by atoms with Gasteiger partial charge in [0.15, 0.2) is 0 Å². The third-order valence-corrected chi connectivity index (χ3v) is 6.89. The lowest BCUT2D eigenvalue weighted by molar-refractivity contribution is -0.122. The number of pyridine rings is 1. The number of carbonyl (C=O) groups excluding carboxylic acids is 2. The molecule has 1 atom stereocenters. The number of urea groups is 1. The largest absolute Gasteiger partial charge is 0.487 e. The van der Waals surface area contributed by atoms with E-state index in [2.05, 4.69) is 10.3 Å². The first-order valence-corrected chi connectivity index (χ1v) is 12.5. The Labute approximate surface area is 211 Å². The molecular formula is C29H31N3O4. The van der Waals surface area contributed by atoms with E-state index in [4.69, 9.17) is 9.47 Å². The number of ether oxygens (including phenoxy) is 2. The number of aromatic nitrogens is 1. The molecule has 0 bridgehead atoms. The highest BCUT2D eigenvalue weighted by molar-refractivity contribution is 6.03. The number of nitrogens with one attached hydrogen (secondary N) is 1. The molecule has 7 heteroatoms. The number of hydrogen-bond acceptors (Lipinski definition) is 5. The molecule has 3 aromatic rings. The number of benzene rings is 2. The van der Waals surface area contributed by atoms with Gasteiger partial charge in [-0.1, -0.05) is 24.3 Å². The number of para-hydroxylation sites is 1. The minimum Gasteiger partial charge on any atom is -0.487 e. The number of anilines is 2. The number of fused-ring (bicyclic) bond motifs is 1.